The SMILES string of the molecule is Cc1ccc([N+](=O)[O-])cc1NC(=O)CSc1nnc(CNC(=O)c2ccc(F)cc2)n1C. The summed E-state index contributed by atoms with van der Waals surface area (Å²) in [5, 5.41) is 24.7. The zero-order chi connectivity index (χ0) is 23.3. The number of nitrogens with one attached hydrogen (secondary N) is 2. The van der Waals surface area contributed by atoms with Crippen molar-refractivity contribution in [2.75, 3.05) is 11.1 Å². The number of benzene rings is 2. The van der Waals surface area contributed by atoms with Gasteiger partial charge in [0.1, 0.15) is 5.82 Å². The standard InChI is InChI=1S/C20H19FN6O4S/c1-12-3-8-15(27(30)31)9-16(12)23-18(28)11-32-20-25-24-17(26(20)2)10-22-19(29)13-4-6-14(21)7-5-13/h3-9H,10-11H2,1-2H3,(H,22,29)(H,23,28). The molecule has 0 unspecified atom stereocenters. The first-order valence-electron chi connectivity index (χ1n) is 9.34. The summed E-state index contributed by atoms with van der Waals surface area (Å²) < 4.78 is 14.6. The molecule has 3 rings (SSSR count). The Morgan fingerprint density at radius 1 is 1.19 bits per heavy atom. The predicted molar refractivity (Wildman–Crippen MR) is 116 cm³/mol. The molecule has 166 valence electrons. The maximum absolute atomic E-state index is 13.0. The number of aromatic nitrogens is 3. The second-order valence-electron chi connectivity index (χ2n) is 6.74. The van der Waals surface area contributed by atoms with Crippen LogP contribution >= 0.6 is 11.8 Å². The van der Waals surface area contributed by atoms with Gasteiger partial charge in [0, 0.05) is 24.7 Å². The van der Waals surface area contributed by atoms with E-state index in [1.54, 1.807) is 24.6 Å². The van der Waals surface area contributed by atoms with Gasteiger partial charge in [0.05, 0.1) is 22.9 Å². The number of hydrogen-bond acceptors (Lipinski definition) is 7. The maximum Gasteiger partial charge on any atom is 0.271 e. The van der Waals surface area contributed by atoms with Gasteiger partial charge in [-0.25, -0.2) is 4.39 Å². The van der Waals surface area contributed by atoms with Crippen LogP contribution in [0.1, 0.15) is 21.7 Å². The molecule has 0 fully saturated rings. The first kappa shape index (κ1) is 22.9. The van der Waals surface area contributed by atoms with Crippen LogP contribution in [0.2, 0.25) is 0 Å². The van der Waals surface area contributed by atoms with Crippen LogP contribution in [0.3, 0.4) is 0 Å². The van der Waals surface area contributed by atoms with Gasteiger partial charge < -0.3 is 15.2 Å². The largest absolute Gasteiger partial charge is 0.345 e. The highest BCUT2D eigenvalue weighted by atomic mass is 32.2. The summed E-state index contributed by atoms with van der Waals surface area (Å²) in [6.07, 6.45) is 0. The van der Waals surface area contributed by atoms with Crippen molar-refractivity contribution in [3.8, 4) is 0 Å². The average molecular weight is 458 g/mol. The Morgan fingerprint density at radius 3 is 2.59 bits per heavy atom. The van der Waals surface area contributed by atoms with Crippen molar-refractivity contribution >= 4 is 35.0 Å². The lowest BCUT2D eigenvalue weighted by molar-refractivity contribution is -0.384. The third-order valence-electron chi connectivity index (χ3n) is 4.48. The van der Waals surface area contributed by atoms with E-state index in [1.807, 2.05) is 0 Å². The van der Waals surface area contributed by atoms with Gasteiger partial charge in [0.2, 0.25) is 5.91 Å². The molecule has 0 saturated heterocycles. The molecule has 0 aliphatic rings. The van der Waals surface area contributed by atoms with Crippen LogP contribution in [-0.4, -0.2) is 37.3 Å². The van der Waals surface area contributed by atoms with E-state index in [0.29, 0.717) is 27.8 Å². The van der Waals surface area contributed by atoms with Crippen molar-refractivity contribution < 1.29 is 18.9 Å². The minimum absolute atomic E-state index is 0.00996. The van der Waals surface area contributed by atoms with Gasteiger partial charge in [-0.05, 0) is 36.8 Å². The molecular formula is C20H19FN6O4S. The number of anilines is 1. The minimum atomic E-state index is -0.528. The molecule has 2 aromatic carbocycles. The molecule has 1 aromatic heterocycles. The molecule has 0 atom stereocenters. The van der Waals surface area contributed by atoms with Crippen LogP contribution in [0.15, 0.2) is 47.6 Å². The monoisotopic (exact) mass is 458 g/mol. The van der Waals surface area contributed by atoms with Crippen molar-refractivity contribution in [3.05, 3.63) is 75.3 Å². The molecule has 10 nitrogen and oxygen atoms in total. The van der Waals surface area contributed by atoms with Crippen LogP contribution < -0.4 is 10.6 Å². The van der Waals surface area contributed by atoms with Crippen LogP contribution in [-0.2, 0) is 18.4 Å². The number of nitro groups is 1. The molecule has 0 radical (unpaired) electrons. The van der Waals surface area contributed by atoms with E-state index in [-0.39, 0.29) is 29.8 Å². The number of amides is 2. The zero-order valence-corrected chi connectivity index (χ0v) is 18.0. The van der Waals surface area contributed by atoms with E-state index >= 15 is 0 Å². The number of thioether (sulfide) groups is 1. The third kappa shape index (κ3) is 5.66. The topological polar surface area (TPSA) is 132 Å². The molecule has 1 heterocycles. The minimum Gasteiger partial charge on any atom is -0.345 e. The van der Waals surface area contributed by atoms with Crippen LogP contribution in [0, 0.1) is 22.9 Å². The van der Waals surface area contributed by atoms with Crippen molar-refractivity contribution in [3.63, 3.8) is 0 Å². The third-order valence-corrected chi connectivity index (χ3v) is 5.50. The van der Waals surface area contributed by atoms with Crippen LogP contribution in [0.4, 0.5) is 15.8 Å². The lowest BCUT2D eigenvalue weighted by Gasteiger charge is -2.08. The second kappa shape index (κ2) is 10.0. The summed E-state index contributed by atoms with van der Waals surface area (Å²) in [6, 6.07) is 9.40. The first-order chi connectivity index (χ1) is 15.2. The fraction of sp³-hybridized carbons (Fsp3) is 0.200. The highest BCUT2D eigenvalue weighted by Crippen LogP contribution is 2.23. The number of carbonyl (C=O) groups excluding carboxylic acids is 2. The van der Waals surface area contributed by atoms with Crippen molar-refractivity contribution in [1.29, 1.82) is 0 Å². The molecule has 32 heavy (non-hydrogen) atoms. The van der Waals surface area contributed by atoms with Gasteiger partial charge in [0.25, 0.3) is 11.6 Å². The fourth-order valence-electron chi connectivity index (χ4n) is 2.66. The molecule has 12 heteroatoms. The van der Waals surface area contributed by atoms with Gasteiger partial charge >= 0.3 is 0 Å². The summed E-state index contributed by atoms with van der Waals surface area (Å²) in [4.78, 5) is 34.8. The summed E-state index contributed by atoms with van der Waals surface area (Å²) in [7, 11) is 1.70. The summed E-state index contributed by atoms with van der Waals surface area (Å²) in [5.41, 5.74) is 1.27. The van der Waals surface area contributed by atoms with Crippen molar-refractivity contribution in [2.24, 2.45) is 7.05 Å². The number of carbonyl (C=O) groups is 2. The predicted octanol–water partition coefficient (Wildman–Crippen LogP) is 2.83. The Bertz CT molecular complexity index is 1170. The number of halogens is 1. The Kier molecular flexibility index (Phi) is 7.15. The molecule has 2 amide bonds. The molecular weight excluding hydrogens is 439 g/mol. The molecule has 3 aromatic rings. The smallest absolute Gasteiger partial charge is 0.271 e. The normalized spacial score (nSPS) is 10.6. The van der Waals surface area contributed by atoms with Crippen molar-refractivity contribution in [2.45, 2.75) is 18.6 Å². The van der Waals surface area contributed by atoms with E-state index in [1.165, 1.54) is 36.4 Å². The Hall–Kier alpha value is -3.80. The zero-order valence-electron chi connectivity index (χ0n) is 17.2. The van der Waals surface area contributed by atoms with E-state index in [2.05, 4.69) is 20.8 Å². The van der Waals surface area contributed by atoms with E-state index in [9.17, 15) is 24.1 Å². The summed E-state index contributed by atoms with van der Waals surface area (Å²) in [6.45, 7) is 1.83. The highest BCUT2D eigenvalue weighted by molar-refractivity contribution is 7.99. The van der Waals surface area contributed by atoms with E-state index in [4.69, 9.17) is 0 Å². The number of rotatable bonds is 8. The van der Waals surface area contributed by atoms with Crippen LogP contribution in [0.5, 0.6) is 0 Å². The summed E-state index contributed by atoms with van der Waals surface area (Å²) in [5.74, 6) is -0.684. The Balaban J connectivity index is 1.55. The van der Waals surface area contributed by atoms with Crippen molar-refractivity contribution in [1.82, 2.24) is 20.1 Å². The van der Waals surface area contributed by atoms with Gasteiger partial charge in [-0.15, -0.1) is 10.2 Å². The van der Waals surface area contributed by atoms with Crippen LogP contribution in [0.25, 0.3) is 0 Å². The molecule has 0 bridgehead atoms. The number of non-ortho nitro benzene ring substituents is 1. The van der Waals surface area contributed by atoms with Gasteiger partial charge in [-0.3, -0.25) is 19.7 Å². The fourth-order valence-corrected chi connectivity index (χ4v) is 3.39. The number of aryl methyl sites for hydroxylation is 1. The number of hydrogen-bond donors (Lipinski definition) is 2. The Labute approximate surface area is 186 Å². The molecule has 2 N–H and O–H groups in total. The molecule has 0 spiro atoms. The maximum atomic E-state index is 13.0. The highest BCUT2D eigenvalue weighted by Gasteiger charge is 2.15. The molecule has 0 saturated carbocycles. The average Bonchev–Trinajstić information content (AvgIpc) is 3.11. The first-order valence-corrected chi connectivity index (χ1v) is 10.3. The molecule has 0 aliphatic heterocycles. The summed E-state index contributed by atoms with van der Waals surface area (Å²) >= 11 is 1.13. The quantitative estimate of drug-likeness (QED) is 0.301. The van der Waals surface area contributed by atoms with E-state index < -0.39 is 10.7 Å². The second-order valence-corrected chi connectivity index (χ2v) is 7.68. The lowest BCUT2D eigenvalue weighted by atomic mass is 10.2. The van der Waals surface area contributed by atoms with Gasteiger partial charge in [0.15, 0.2) is 11.0 Å². The molecule has 0 aliphatic carbocycles. The van der Waals surface area contributed by atoms with Gasteiger partial charge in [-0.2, -0.15) is 0 Å². The Morgan fingerprint density at radius 2 is 1.91 bits per heavy atom. The number of nitrogens with zero attached hydrogens (tertiary/aromatic N) is 4. The van der Waals surface area contributed by atoms with Gasteiger partial charge in [-0.1, -0.05) is 17.8 Å². The lowest BCUT2D eigenvalue weighted by Crippen LogP contribution is -2.24. The number of nitro benzene ring substituents is 1. The van der Waals surface area contributed by atoms with E-state index in [0.717, 1.165) is 11.8 Å².